The molecule has 0 atom stereocenters. The summed E-state index contributed by atoms with van der Waals surface area (Å²) in [6.07, 6.45) is 1.53. The fraction of sp³-hybridized carbons (Fsp3) is 0.200. The van der Waals surface area contributed by atoms with E-state index >= 15 is 0 Å². The Hall–Kier alpha value is 0.140. The highest BCUT2D eigenvalue weighted by atomic mass is 35.5. The van der Waals surface area contributed by atoms with E-state index in [0.717, 1.165) is 11.8 Å². The van der Waals surface area contributed by atoms with Gasteiger partial charge < -0.3 is 4.98 Å². The van der Waals surface area contributed by atoms with Gasteiger partial charge in [-0.05, 0) is 0 Å². The Kier molecular flexibility index (Phi) is 2.89. The molecule has 10 heavy (non-hydrogen) atoms. The van der Waals surface area contributed by atoms with Crippen molar-refractivity contribution >= 4 is 35.0 Å². The van der Waals surface area contributed by atoms with Gasteiger partial charge in [-0.1, -0.05) is 35.0 Å². The lowest BCUT2D eigenvalue weighted by Crippen LogP contribution is -1.69. The molecule has 0 amide bonds. The van der Waals surface area contributed by atoms with Crippen molar-refractivity contribution in [1.29, 1.82) is 0 Å². The summed E-state index contributed by atoms with van der Waals surface area (Å²) < 4.78 is 11.7. The molecule has 1 aromatic rings. The number of hydrogen-bond acceptors (Lipinski definition) is 1. The summed E-state index contributed by atoms with van der Waals surface area (Å²) in [7, 11) is 0. The van der Waals surface area contributed by atoms with Crippen LogP contribution in [0.1, 0.15) is 0 Å². The molecule has 0 spiro atoms. The molecule has 1 heterocycles. The summed E-state index contributed by atoms with van der Waals surface area (Å²) in [5, 5.41) is 1.40. The van der Waals surface area contributed by atoms with E-state index < -0.39 is 6.01 Å². The van der Waals surface area contributed by atoms with Crippen LogP contribution in [0.5, 0.6) is 0 Å². The Morgan fingerprint density at radius 1 is 1.60 bits per heavy atom. The second-order valence-electron chi connectivity index (χ2n) is 1.53. The number of halogens is 3. The van der Waals surface area contributed by atoms with E-state index in [4.69, 9.17) is 23.2 Å². The van der Waals surface area contributed by atoms with Crippen molar-refractivity contribution in [2.24, 2.45) is 0 Å². The van der Waals surface area contributed by atoms with Crippen molar-refractivity contribution in [3.8, 4) is 0 Å². The summed E-state index contributed by atoms with van der Waals surface area (Å²) in [4.78, 5) is 2.73. The Morgan fingerprint density at radius 2 is 2.30 bits per heavy atom. The van der Waals surface area contributed by atoms with Crippen molar-refractivity contribution < 1.29 is 4.39 Å². The number of H-pyrrole nitrogens is 1. The zero-order valence-corrected chi connectivity index (χ0v) is 7.15. The number of thioether (sulfide) groups is 1. The molecule has 1 N–H and O–H groups in total. The predicted molar refractivity (Wildman–Crippen MR) is 42.6 cm³/mol. The van der Waals surface area contributed by atoms with E-state index in [1.807, 2.05) is 0 Å². The first-order valence-electron chi connectivity index (χ1n) is 2.47. The molecule has 0 saturated carbocycles. The van der Waals surface area contributed by atoms with Crippen LogP contribution in [-0.4, -0.2) is 11.0 Å². The molecule has 0 aliphatic heterocycles. The van der Waals surface area contributed by atoms with Crippen molar-refractivity contribution in [2.45, 2.75) is 5.03 Å². The highest BCUT2D eigenvalue weighted by molar-refractivity contribution is 7.99. The molecule has 0 radical (unpaired) electrons. The van der Waals surface area contributed by atoms with Crippen LogP contribution in [0.15, 0.2) is 11.2 Å². The molecule has 56 valence electrons. The van der Waals surface area contributed by atoms with E-state index in [-0.39, 0.29) is 0 Å². The largest absolute Gasteiger partial charge is 0.354 e. The van der Waals surface area contributed by atoms with Crippen molar-refractivity contribution in [2.75, 3.05) is 6.01 Å². The average molecular weight is 200 g/mol. The molecule has 0 unspecified atom stereocenters. The van der Waals surface area contributed by atoms with Crippen molar-refractivity contribution in [3.05, 3.63) is 16.2 Å². The van der Waals surface area contributed by atoms with Crippen LogP contribution in [0, 0.1) is 0 Å². The van der Waals surface area contributed by atoms with Gasteiger partial charge in [0, 0.05) is 6.20 Å². The van der Waals surface area contributed by atoms with Gasteiger partial charge in [-0.15, -0.1) is 0 Å². The first-order chi connectivity index (χ1) is 4.75. The average Bonchev–Trinajstić information content (AvgIpc) is 2.20. The molecular weight excluding hydrogens is 196 g/mol. The quantitative estimate of drug-likeness (QED) is 0.723. The Labute approximate surface area is 71.9 Å². The van der Waals surface area contributed by atoms with E-state index in [1.165, 1.54) is 6.20 Å². The van der Waals surface area contributed by atoms with Gasteiger partial charge in [0.25, 0.3) is 0 Å². The lowest BCUT2D eigenvalue weighted by Gasteiger charge is -1.90. The van der Waals surface area contributed by atoms with Crippen LogP contribution < -0.4 is 0 Å². The maximum Gasteiger partial charge on any atom is 0.141 e. The second-order valence-corrected chi connectivity index (χ2v) is 3.23. The third-order valence-corrected chi connectivity index (χ3v) is 2.56. The Morgan fingerprint density at radius 3 is 2.70 bits per heavy atom. The lowest BCUT2D eigenvalue weighted by atomic mass is 10.7. The van der Waals surface area contributed by atoms with E-state index in [1.54, 1.807) is 0 Å². The number of nitrogens with one attached hydrogen (secondary N) is 1. The number of alkyl halides is 1. The van der Waals surface area contributed by atoms with Gasteiger partial charge in [-0.25, -0.2) is 4.39 Å². The normalized spacial score (nSPS) is 10.3. The van der Waals surface area contributed by atoms with Gasteiger partial charge in [-0.2, -0.15) is 0 Å². The minimum atomic E-state index is -0.503. The molecule has 0 fully saturated rings. The number of aromatic amines is 1. The maximum atomic E-state index is 11.7. The third kappa shape index (κ3) is 1.59. The molecule has 1 rings (SSSR count). The molecule has 5 heteroatoms. The molecule has 0 aromatic carbocycles. The van der Waals surface area contributed by atoms with Crippen LogP contribution in [0.25, 0.3) is 0 Å². The molecule has 1 aromatic heterocycles. The Balaban J connectivity index is 2.83. The van der Waals surface area contributed by atoms with Gasteiger partial charge >= 0.3 is 0 Å². The van der Waals surface area contributed by atoms with E-state index in [9.17, 15) is 4.39 Å². The molecule has 1 nitrogen and oxygen atoms in total. The summed E-state index contributed by atoms with van der Waals surface area (Å²) >= 11 is 12.2. The van der Waals surface area contributed by atoms with Gasteiger partial charge in [0.05, 0.1) is 15.1 Å². The molecule has 0 aliphatic carbocycles. The standard InChI is InChI=1S/C5H4Cl2FNS/c6-3-1-9-5(4(3)7)10-2-8/h1,9H,2H2. The van der Waals surface area contributed by atoms with Crippen LogP contribution in [0.2, 0.25) is 10.0 Å². The number of rotatable bonds is 2. The SMILES string of the molecule is FCSc1[nH]cc(Cl)c1Cl. The van der Waals surface area contributed by atoms with E-state index in [2.05, 4.69) is 4.98 Å². The maximum absolute atomic E-state index is 11.7. The first kappa shape index (κ1) is 8.24. The van der Waals surface area contributed by atoms with Crippen LogP contribution in [-0.2, 0) is 0 Å². The van der Waals surface area contributed by atoms with Gasteiger partial charge in [0.2, 0.25) is 0 Å². The molecule has 0 aliphatic rings. The Bertz CT molecular complexity index is 225. The zero-order valence-electron chi connectivity index (χ0n) is 4.83. The fourth-order valence-corrected chi connectivity index (χ4v) is 1.49. The molecule has 0 bridgehead atoms. The van der Waals surface area contributed by atoms with Gasteiger partial charge in [0.1, 0.15) is 6.01 Å². The van der Waals surface area contributed by atoms with Crippen LogP contribution >= 0.6 is 35.0 Å². The van der Waals surface area contributed by atoms with Gasteiger partial charge in [-0.3, -0.25) is 0 Å². The van der Waals surface area contributed by atoms with Crippen LogP contribution in [0.3, 0.4) is 0 Å². The number of hydrogen-bond donors (Lipinski definition) is 1. The summed E-state index contributed by atoms with van der Waals surface area (Å²) in [5.74, 6) is 0. The second kappa shape index (κ2) is 3.51. The highest BCUT2D eigenvalue weighted by Crippen LogP contribution is 2.32. The summed E-state index contributed by atoms with van der Waals surface area (Å²) in [5.41, 5.74) is 0. The topological polar surface area (TPSA) is 15.8 Å². The predicted octanol–water partition coefficient (Wildman–Crippen LogP) is 3.34. The number of aromatic nitrogens is 1. The van der Waals surface area contributed by atoms with Crippen molar-refractivity contribution in [1.82, 2.24) is 4.98 Å². The smallest absolute Gasteiger partial charge is 0.141 e. The van der Waals surface area contributed by atoms with Crippen molar-refractivity contribution in [3.63, 3.8) is 0 Å². The molecule has 0 saturated heterocycles. The first-order valence-corrected chi connectivity index (χ1v) is 4.21. The van der Waals surface area contributed by atoms with E-state index in [0.29, 0.717) is 15.1 Å². The lowest BCUT2D eigenvalue weighted by molar-refractivity contribution is 0.605. The fourth-order valence-electron chi connectivity index (χ4n) is 0.524. The highest BCUT2D eigenvalue weighted by Gasteiger charge is 2.06. The monoisotopic (exact) mass is 199 g/mol. The van der Waals surface area contributed by atoms with Gasteiger partial charge in [0.15, 0.2) is 0 Å². The summed E-state index contributed by atoms with van der Waals surface area (Å²) in [6, 6.07) is -0.503. The minimum absolute atomic E-state index is 0.393. The summed E-state index contributed by atoms with van der Waals surface area (Å²) in [6.45, 7) is 0. The third-order valence-electron chi connectivity index (χ3n) is 0.938. The van der Waals surface area contributed by atoms with Crippen LogP contribution in [0.4, 0.5) is 4.39 Å². The zero-order chi connectivity index (χ0) is 7.56. The minimum Gasteiger partial charge on any atom is -0.354 e. The molecular formula is C5H4Cl2FNS.